The number of hydrazine groups is 1. The fourth-order valence-corrected chi connectivity index (χ4v) is 3.84. The Bertz CT molecular complexity index is 719. The Morgan fingerprint density at radius 3 is 2.54 bits per heavy atom. The van der Waals surface area contributed by atoms with E-state index in [1.807, 2.05) is 0 Å². The molecular formula is C21H29N3. The molecule has 1 saturated carbocycles. The Morgan fingerprint density at radius 2 is 1.92 bits per heavy atom. The van der Waals surface area contributed by atoms with Crippen LogP contribution in [0, 0.1) is 25.2 Å². The number of nitrogens with zero attached hydrogens (tertiary/aromatic N) is 2. The van der Waals surface area contributed by atoms with Crippen LogP contribution in [0.25, 0.3) is 5.70 Å². The lowest BCUT2D eigenvalue weighted by Gasteiger charge is -2.33. The van der Waals surface area contributed by atoms with Gasteiger partial charge in [-0.15, -0.1) is 0 Å². The molecule has 3 nitrogen and oxygen atoms in total. The van der Waals surface area contributed by atoms with Crippen LogP contribution in [0.15, 0.2) is 29.3 Å². The Hall–Kier alpha value is -1.61. The Kier molecular flexibility index (Phi) is 3.61. The van der Waals surface area contributed by atoms with Crippen molar-refractivity contribution in [2.24, 2.45) is 16.3 Å². The Labute approximate surface area is 145 Å². The highest BCUT2D eigenvalue weighted by Gasteiger charge is 2.42. The molecule has 1 N–H and O–H groups in total. The Balaban J connectivity index is 1.74. The van der Waals surface area contributed by atoms with Gasteiger partial charge in [0.25, 0.3) is 0 Å². The molecule has 2 atom stereocenters. The van der Waals surface area contributed by atoms with Gasteiger partial charge in [-0.25, -0.2) is 5.43 Å². The second-order valence-electron chi connectivity index (χ2n) is 8.81. The van der Waals surface area contributed by atoms with Crippen molar-refractivity contribution in [2.45, 2.75) is 66.1 Å². The van der Waals surface area contributed by atoms with Gasteiger partial charge < -0.3 is 0 Å². The average molecular weight is 323 g/mol. The molecule has 2 unspecified atom stereocenters. The quantitative estimate of drug-likeness (QED) is 0.870. The van der Waals surface area contributed by atoms with Crippen LogP contribution in [0.3, 0.4) is 0 Å². The molecule has 0 bridgehead atoms. The van der Waals surface area contributed by atoms with E-state index in [4.69, 9.17) is 4.99 Å². The minimum absolute atomic E-state index is 0.236. The minimum atomic E-state index is 0.236. The third kappa shape index (κ3) is 2.79. The van der Waals surface area contributed by atoms with Crippen LogP contribution in [0.2, 0.25) is 0 Å². The van der Waals surface area contributed by atoms with Crippen molar-refractivity contribution in [1.29, 1.82) is 0 Å². The molecule has 128 valence electrons. The minimum Gasteiger partial charge on any atom is -0.283 e. The van der Waals surface area contributed by atoms with Crippen molar-refractivity contribution in [1.82, 2.24) is 10.4 Å². The lowest BCUT2D eigenvalue weighted by atomic mass is 9.85. The molecule has 1 saturated heterocycles. The number of benzene rings is 1. The molecule has 0 amide bonds. The normalized spacial score (nSPS) is 27.0. The number of aliphatic imine (C=N–C) groups is 1. The summed E-state index contributed by atoms with van der Waals surface area (Å²) in [4.78, 5) is 5.10. The van der Waals surface area contributed by atoms with Crippen LogP contribution < -0.4 is 5.43 Å². The topological polar surface area (TPSA) is 27.6 Å². The highest BCUT2D eigenvalue weighted by atomic mass is 15.6. The van der Waals surface area contributed by atoms with E-state index in [1.165, 1.54) is 40.9 Å². The number of allylic oxidation sites excluding steroid dienone is 1. The summed E-state index contributed by atoms with van der Waals surface area (Å²) in [5.74, 6) is 0.696. The first-order chi connectivity index (χ1) is 11.3. The smallest absolute Gasteiger partial charge is 0.137 e. The second kappa shape index (κ2) is 5.45. The van der Waals surface area contributed by atoms with Crippen LogP contribution in [-0.2, 0) is 0 Å². The van der Waals surface area contributed by atoms with Crippen LogP contribution in [0.1, 0.15) is 56.7 Å². The molecular weight excluding hydrogens is 294 g/mol. The summed E-state index contributed by atoms with van der Waals surface area (Å²) in [6.07, 6.45) is 6.27. The van der Waals surface area contributed by atoms with Crippen LogP contribution in [0.4, 0.5) is 0 Å². The third-order valence-corrected chi connectivity index (χ3v) is 5.58. The van der Waals surface area contributed by atoms with Gasteiger partial charge in [0.1, 0.15) is 6.17 Å². The zero-order chi connectivity index (χ0) is 17.1. The van der Waals surface area contributed by atoms with Gasteiger partial charge in [0, 0.05) is 29.7 Å². The van der Waals surface area contributed by atoms with Gasteiger partial charge in [-0.1, -0.05) is 44.5 Å². The molecule has 24 heavy (non-hydrogen) atoms. The van der Waals surface area contributed by atoms with Crippen LogP contribution in [-0.4, -0.2) is 22.9 Å². The first-order valence-electron chi connectivity index (χ1n) is 9.25. The molecule has 4 rings (SSSR count). The van der Waals surface area contributed by atoms with E-state index in [9.17, 15) is 0 Å². The van der Waals surface area contributed by atoms with Gasteiger partial charge in [-0.05, 0) is 43.7 Å². The van der Waals surface area contributed by atoms with E-state index in [1.54, 1.807) is 0 Å². The number of rotatable bonds is 2. The molecule has 2 heterocycles. The summed E-state index contributed by atoms with van der Waals surface area (Å²) in [6.45, 7) is 11.3. The van der Waals surface area contributed by atoms with Crippen molar-refractivity contribution in [3.8, 4) is 0 Å². The zero-order valence-electron chi connectivity index (χ0n) is 15.6. The lowest BCUT2D eigenvalue weighted by molar-refractivity contribution is 0.227. The summed E-state index contributed by atoms with van der Waals surface area (Å²) >= 11 is 0. The molecule has 3 heteroatoms. The van der Waals surface area contributed by atoms with Gasteiger partial charge in [-0.3, -0.25) is 10.0 Å². The van der Waals surface area contributed by atoms with Crippen LogP contribution in [0.5, 0.6) is 0 Å². The predicted octanol–water partition coefficient (Wildman–Crippen LogP) is 4.46. The van der Waals surface area contributed by atoms with E-state index >= 15 is 0 Å². The van der Waals surface area contributed by atoms with Crippen molar-refractivity contribution >= 4 is 11.4 Å². The summed E-state index contributed by atoms with van der Waals surface area (Å²) in [7, 11) is 0. The summed E-state index contributed by atoms with van der Waals surface area (Å²) < 4.78 is 0. The maximum Gasteiger partial charge on any atom is 0.137 e. The van der Waals surface area contributed by atoms with E-state index < -0.39 is 0 Å². The zero-order valence-corrected chi connectivity index (χ0v) is 15.6. The lowest BCUT2D eigenvalue weighted by Crippen LogP contribution is -2.43. The van der Waals surface area contributed by atoms with Gasteiger partial charge in [0.15, 0.2) is 0 Å². The van der Waals surface area contributed by atoms with E-state index in [0.717, 1.165) is 6.42 Å². The van der Waals surface area contributed by atoms with E-state index in [-0.39, 0.29) is 11.6 Å². The van der Waals surface area contributed by atoms with Gasteiger partial charge in [0.2, 0.25) is 0 Å². The number of fused-ring (bicyclic) bond motifs is 1. The fourth-order valence-electron chi connectivity index (χ4n) is 3.84. The van der Waals surface area contributed by atoms with Crippen molar-refractivity contribution < 1.29 is 0 Å². The number of hydrogen-bond acceptors (Lipinski definition) is 3. The SMILES string of the molecule is Cc1ccc(C2=CC(C3CC3)=NC3CC(C(C)(C)C)NN23)c(C)c1. The van der Waals surface area contributed by atoms with Crippen molar-refractivity contribution in [3.05, 3.63) is 41.0 Å². The van der Waals surface area contributed by atoms with Crippen LogP contribution >= 0.6 is 0 Å². The monoisotopic (exact) mass is 323 g/mol. The molecule has 1 aromatic carbocycles. The summed E-state index contributed by atoms with van der Waals surface area (Å²) in [6, 6.07) is 7.23. The highest BCUT2D eigenvalue weighted by Crippen LogP contribution is 2.40. The number of hydrogen-bond donors (Lipinski definition) is 1. The summed E-state index contributed by atoms with van der Waals surface area (Å²) in [5, 5.41) is 2.33. The summed E-state index contributed by atoms with van der Waals surface area (Å²) in [5.41, 5.74) is 10.6. The molecule has 2 aliphatic heterocycles. The number of aryl methyl sites for hydroxylation is 2. The second-order valence-corrected chi connectivity index (χ2v) is 8.81. The molecule has 3 aliphatic rings. The first kappa shape index (κ1) is 15.9. The molecule has 0 spiro atoms. The van der Waals surface area contributed by atoms with Crippen molar-refractivity contribution in [2.75, 3.05) is 0 Å². The predicted molar refractivity (Wildman–Crippen MR) is 101 cm³/mol. The highest BCUT2D eigenvalue weighted by molar-refractivity contribution is 6.04. The number of nitrogens with one attached hydrogen (secondary N) is 1. The maximum absolute atomic E-state index is 5.10. The molecule has 1 aromatic rings. The molecule has 0 aromatic heterocycles. The van der Waals surface area contributed by atoms with Gasteiger partial charge >= 0.3 is 0 Å². The van der Waals surface area contributed by atoms with Gasteiger partial charge in [-0.2, -0.15) is 0 Å². The Morgan fingerprint density at radius 1 is 1.17 bits per heavy atom. The van der Waals surface area contributed by atoms with Crippen molar-refractivity contribution in [3.63, 3.8) is 0 Å². The third-order valence-electron chi connectivity index (χ3n) is 5.58. The molecule has 1 aliphatic carbocycles. The molecule has 2 fully saturated rings. The largest absolute Gasteiger partial charge is 0.283 e. The first-order valence-corrected chi connectivity index (χ1v) is 9.25. The molecule has 0 radical (unpaired) electrons. The standard InChI is InChI=1S/C21H29N3/c1-13-6-9-16(14(2)10-13)18-11-17(15-7-8-15)22-20-12-19(21(3,4)5)23-24(18)20/h6,9-11,15,19-20,23H,7-8,12H2,1-5H3. The fraction of sp³-hybridized carbons (Fsp3) is 0.571. The van der Waals surface area contributed by atoms with E-state index in [2.05, 4.69) is 69.3 Å². The van der Waals surface area contributed by atoms with Gasteiger partial charge in [0.05, 0.1) is 5.70 Å². The van der Waals surface area contributed by atoms with E-state index in [0.29, 0.717) is 12.0 Å². The average Bonchev–Trinajstić information content (AvgIpc) is 3.24. The maximum atomic E-state index is 5.10.